The van der Waals surface area contributed by atoms with Gasteiger partial charge in [0.15, 0.2) is 0 Å². The van der Waals surface area contributed by atoms with Crippen molar-refractivity contribution in [2.75, 3.05) is 18.6 Å². The molecule has 0 fully saturated rings. The fourth-order valence-corrected chi connectivity index (χ4v) is 3.47. The number of aromatic carboxylic acids is 1. The number of fused-ring (bicyclic) bond motifs is 2. The van der Waals surface area contributed by atoms with Crippen LogP contribution in [0, 0.1) is 0 Å². The third-order valence-corrected chi connectivity index (χ3v) is 4.72. The molecule has 1 N–H and O–H groups in total. The molecule has 0 amide bonds. The summed E-state index contributed by atoms with van der Waals surface area (Å²) in [6.07, 6.45) is 2.34. The summed E-state index contributed by atoms with van der Waals surface area (Å²) in [6, 6.07) is 13.9. The van der Waals surface area contributed by atoms with Gasteiger partial charge in [-0.1, -0.05) is 24.3 Å². The molecular weight excluding hydrogens is 316 g/mol. The molecule has 2 heterocycles. The average molecular weight is 334 g/mol. The number of rotatable bonds is 3. The summed E-state index contributed by atoms with van der Waals surface area (Å²) in [5, 5.41) is 10.5. The summed E-state index contributed by atoms with van der Waals surface area (Å²) in [5.74, 6) is -0.276. The van der Waals surface area contributed by atoms with Crippen molar-refractivity contribution in [3.63, 3.8) is 0 Å². The molecule has 5 heteroatoms. The van der Waals surface area contributed by atoms with Gasteiger partial charge < -0.3 is 14.7 Å². The van der Waals surface area contributed by atoms with Gasteiger partial charge in [0, 0.05) is 24.7 Å². The lowest BCUT2D eigenvalue weighted by Gasteiger charge is -2.32. The van der Waals surface area contributed by atoms with Gasteiger partial charge in [-0.05, 0) is 35.7 Å². The molecule has 0 saturated carbocycles. The number of anilines is 1. The third-order valence-electron chi connectivity index (χ3n) is 4.72. The van der Waals surface area contributed by atoms with Crippen LogP contribution in [0.15, 0.2) is 48.7 Å². The SMILES string of the molecule is COc1ccc2ncc(C(=O)O)c(N3CCc4ccccc4C3)c2c1. The summed E-state index contributed by atoms with van der Waals surface area (Å²) in [6.45, 7) is 1.46. The van der Waals surface area contributed by atoms with E-state index in [1.54, 1.807) is 7.11 Å². The lowest BCUT2D eigenvalue weighted by atomic mass is 9.98. The van der Waals surface area contributed by atoms with E-state index in [2.05, 4.69) is 22.0 Å². The number of carbonyl (C=O) groups is 1. The lowest BCUT2D eigenvalue weighted by molar-refractivity contribution is 0.0697. The highest BCUT2D eigenvalue weighted by molar-refractivity contribution is 6.05. The van der Waals surface area contributed by atoms with Crippen molar-refractivity contribution in [2.24, 2.45) is 0 Å². The molecule has 2 aromatic carbocycles. The summed E-state index contributed by atoms with van der Waals surface area (Å²) < 4.78 is 5.33. The lowest BCUT2D eigenvalue weighted by Crippen LogP contribution is -2.31. The van der Waals surface area contributed by atoms with E-state index < -0.39 is 5.97 Å². The van der Waals surface area contributed by atoms with Gasteiger partial charge >= 0.3 is 5.97 Å². The first-order valence-electron chi connectivity index (χ1n) is 8.19. The molecule has 0 spiro atoms. The number of carboxylic acid groups (broad SMARTS) is 1. The summed E-state index contributed by atoms with van der Waals surface area (Å²) in [7, 11) is 1.60. The summed E-state index contributed by atoms with van der Waals surface area (Å²) in [4.78, 5) is 18.3. The zero-order valence-electron chi connectivity index (χ0n) is 13.9. The minimum absolute atomic E-state index is 0.222. The van der Waals surface area contributed by atoms with Crippen LogP contribution >= 0.6 is 0 Å². The van der Waals surface area contributed by atoms with Crippen LogP contribution < -0.4 is 9.64 Å². The highest BCUT2D eigenvalue weighted by atomic mass is 16.5. The number of carboxylic acids is 1. The summed E-state index contributed by atoms with van der Waals surface area (Å²) >= 11 is 0. The van der Waals surface area contributed by atoms with Gasteiger partial charge in [-0.15, -0.1) is 0 Å². The molecule has 5 nitrogen and oxygen atoms in total. The van der Waals surface area contributed by atoms with Gasteiger partial charge in [0.25, 0.3) is 0 Å². The van der Waals surface area contributed by atoms with Gasteiger partial charge in [0.05, 0.1) is 18.3 Å². The monoisotopic (exact) mass is 334 g/mol. The minimum atomic E-state index is -0.967. The molecule has 1 aliphatic rings. The Morgan fingerprint density at radius 1 is 1.20 bits per heavy atom. The Morgan fingerprint density at radius 2 is 2.00 bits per heavy atom. The highest BCUT2D eigenvalue weighted by Crippen LogP contribution is 2.35. The highest BCUT2D eigenvalue weighted by Gasteiger charge is 2.24. The number of hydrogen-bond acceptors (Lipinski definition) is 4. The van der Waals surface area contributed by atoms with Crippen LogP contribution in [0.25, 0.3) is 10.9 Å². The Labute approximate surface area is 145 Å². The van der Waals surface area contributed by atoms with Crippen LogP contribution in [-0.4, -0.2) is 29.7 Å². The van der Waals surface area contributed by atoms with E-state index in [4.69, 9.17) is 4.74 Å². The third kappa shape index (κ3) is 2.67. The maximum absolute atomic E-state index is 11.8. The molecule has 4 rings (SSSR count). The standard InChI is InChI=1S/C20H18N2O3/c1-25-15-6-7-18-16(10-15)19(17(11-21-18)20(23)24)22-9-8-13-4-2-3-5-14(13)12-22/h2-7,10-11H,8-9,12H2,1H3,(H,23,24). The van der Waals surface area contributed by atoms with Crippen LogP contribution in [-0.2, 0) is 13.0 Å². The fraction of sp³-hybridized carbons (Fsp3) is 0.200. The molecule has 1 aromatic heterocycles. The molecule has 0 radical (unpaired) electrons. The van der Waals surface area contributed by atoms with Crippen molar-refractivity contribution in [1.29, 1.82) is 0 Å². The maximum atomic E-state index is 11.8. The van der Waals surface area contributed by atoms with Crippen LogP contribution in [0.3, 0.4) is 0 Å². The number of methoxy groups -OCH3 is 1. The predicted molar refractivity (Wildman–Crippen MR) is 96.5 cm³/mol. The predicted octanol–water partition coefficient (Wildman–Crippen LogP) is 3.50. The second-order valence-electron chi connectivity index (χ2n) is 6.15. The summed E-state index contributed by atoms with van der Waals surface area (Å²) in [5.41, 5.74) is 4.26. The molecule has 25 heavy (non-hydrogen) atoms. The van der Waals surface area contributed by atoms with Crippen LogP contribution in [0.4, 0.5) is 5.69 Å². The second-order valence-corrected chi connectivity index (χ2v) is 6.15. The zero-order valence-corrected chi connectivity index (χ0v) is 13.9. The fourth-order valence-electron chi connectivity index (χ4n) is 3.47. The number of benzene rings is 2. The van der Waals surface area contributed by atoms with Crippen LogP contribution in [0.5, 0.6) is 5.75 Å². The quantitative estimate of drug-likeness (QED) is 0.794. The Bertz CT molecular complexity index is 968. The van der Waals surface area contributed by atoms with Gasteiger partial charge in [-0.25, -0.2) is 4.79 Å². The molecular formula is C20H18N2O3. The molecule has 3 aromatic rings. The Morgan fingerprint density at radius 3 is 2.76 bits per heavy atom. The zero-order chi connectivity index (χ0) is 17.4. The van der Waals surface area contributed by atoms with E-state index in [9.17, 15) is 9.90 Å². The Kier molecular flexibility index (Phi) is 3.76. The smallest absolute Gasteiger partial charge is 0.339 e. The molecule has 126 valence electrons. The van der Waals surface area contributed by atoms with Gasteiger partial charge in [-0.3, -0.25) is 4.98 Å². The first kappa shape index (κ1) is 15.4. The molecule has 0 bridgehead atoms. The van der Waals surface area contributed by atoms with Crippen molar-refractivity contribution in [1.82, 2.24) is 4.98 Å². The number of pyridine rings is 1. The van der Waals surface area contributed by atoms with E-state index >= 15 is 0 Å². The van der Waals surface area contributed by atoms with Crippen LogP contribution in [0.2, 0.25) is 0 Å². The number of nitrogens with zero attached hydrogens (tertiary/aromatic N) is 2. The van der Waals surface area contributed by atoms with Crippen molar-refractivity contribution in [3.8, 4) is 5.75 Å². The van der Waals surface area contributed by atoms with E-state index in [0.717, 1.165) is 23.9 Å². The van der Waals surface area contributed by atoms with E-state index in [1.807, 2.05) is 30.3 Å². The number of aromatic nitrogens is 1. The topological polar surface area (TPSA) is 62.7 Å². The van der Waals surface area contributed by atoms with E-state index in [1.165, 1.54) is 17.3 Å². The van der Waals surface area contributed by atoms with Crippen molar-refractivity contribution < 1.29 is 14.6 Å². The minimum Gasteiger partial charge on any atom is -0.497 e. The maximum Gasteiger partial charge on any atom is 0.339 e. The molecule has 0 saturated heterocycles. The average Bonchev–Trinajstić information content (AvgIpc) is 2.66. The van der Waals surface area contributed by atoms with Gasteiger partial charge in [0.1, 0.15) is 11.3 Å². The normalized spacial score (nSPS) is 13.6. The molecule has 1 aliphatic heterocycles. The van der Waals surface area contributed by atoms with E-state index in [-0.39, 0.29) is 5.56 Å². The van der Waals surface area contributed by atoms with Crippen molar-refractivity contribution in [3.05, 3.63) is 65.4 Å². The Hall–Kier alpha value is -3.08. The molecule has 0 unspecified atom stereocenters. The molecule has 0 aliphatic carbocycles. The second kappa shape index (κ2) is 6.09. The molecule has 0 atom stereocenters. The largest absolute Gasteiger partial charge is 0.497 e. The first-order valence-corrected chi connectivity index (χ1v) is 8.19. The van der Waals surface area contributed by atoms with Crippen LogP contribution in [0.1, 0.15) is 21.5 Å². The van der Waals surface area contributed by atoms with Gasteiger partial charge in [-0.2, -0.15) is 0 Å². The number of ether oxygens (including phenoxy) is 1. The number of hydrogen-bond donors (Lipinski definition) is 1. The Balaban J connectivity index is 1.90. The van der Waals surface area contributed by atoms with Gasteiger partial charge in [0.2, 0.25) is 0 Å². The van der Waals surface area contributed by atoms with E-state index in [0.29, 0.717) is 18.0 Å². The van der Waals surface area contributed by atoms with Crippen molar-refractivity contribution in [2.45, 2.75) is 13.0 Å². The van der Waals surface area contributed by atoms with Crippen molar-refractivity contribution >= 4 is 22.6 Å². The first-order chi connectivity index (χ1) is 12.2.